The summed E-state index contributed by atoms with van der Waals surface area (Å²) in [4.78, 5) is 12.4. The van der Waals surface area contributed by atoms with Gasteiger partial charge in [-0.15, -0.1) is 12.4 Å². The second-order valence-corrected chi connectivity index (χ2v) is 6.03. The van der Waals surface area contributed by atoms with Gasteiger partial charge in [-0.05, 0) is 44.0 Å². The van der Waals surface area contributed by atoms with Crippen molar-refractivity contribution >= 4 is 24.2 Å². The summed E-state index contributed by atoms with van der Waals surface area (Å²) in [6.45, 7) is 2.07. The van der Waals surface area contributed by atoms with Crippen LogP contribution in [0.15, 0.2) is 30.5 Å². The van der Waals surface area contributed by atoms with Crippen LogP contribution in [0, 0.1) is 5.41 Å². The zero-order valence-electron chi connectivity index (χ0n) is 14.7. The van der Waals surface area contributed by atoms with Gasteiger partial charge in [0.1, 0.15) is 5.84 Å². The van der Waals surface area contributed by atoms with E-state index in [1.54, 1.807) is 29.9 Å². The molecule has 1 aliphatic rings. The molecule has 4 rings (SSSR count). The third-order valence-corrected chi connectivity index (χ3v) is 4.47. The minimum Gasteiger partial charge on any atom is -0.461 e. The number of H-pyrrole nitrogens is 1. The summed E-state index contributed by atoms with van der Waals surface area (Å²) in [5.74, 6) is -0.418. The Morgan fingerprint density at radius 2 is 2.07 bits per heavy atom. The van der Waals surface area contributed by atoms with E-state index < -0.39 is 5.97 Å². The second kappa shape index (κ2) is 7.24. The molecular formula is C18H19ClN6O2. The summed E-state index contributed by atoms with van der Waals surface area (Å²) >= 11 is 0. The fourth-order valence-corrected chi connectivity index (χ4v) is 3.25. The van der Waals surface area contributed by atoms with Crippen LogP contribution < -0.4 is 5.73 Å². The lowest BCUT2D eigenvalue weighted by Crippen LogP contribution is -2.11. The minimum atomic E-state index is -0.421. The molecule has 0 amide bonds. The summed E-state index contributed by atoms with van der Waals surface area (Å²) < 4.78 is 6.92. The number of hydrogen-bond acceptors (Lipinski definition) is 5. The number of nitrogens with one attached hydrogen (secondary N) is 2. The Bertz CT molecular complexity index is 1010. The van der Waals surface area contributed by atoms with Gasteiger partial charge in [0, 0.05) is 22.4 Å². The molecule has 2 aromatic heterocycles. The topological polar surface area (TPSA) is 123 Å². The Morgan fingerprint density at radius 3 is 2.74 bits per heavy atom. The third kappa shape index (κ3) is 3.08. The predicted molar refractivity (Wildman–Crippen MR) is 103 cm³/mol. The van der Waals surface area contributed by atoms with E-state index in [0.717, 1.165) is 34.6 Å². The van der Waals surface area contributed by atoms with Crippen LogP contribution >= 0.6 is 12.4 Å². The Hall–Kier alpha value is -3.13. The van der Waals surface area contributed by atoms with Gasteiger partial charge in [0.15, 0.2) is 5.69 Å². The minimum absolute atomic E-state index is 0. The molecule has 8 nitrogen and oxygen atoms in total. The van der Waals surface area contributed by atoms with Gasteiger partial charge in [-0.25, -0.2) is 9.48 Å². The maximum atomic E-state index is 12.4. The van der Waals surface area contributed by atoms with Crippen LogP contribution in [0.25, 0.3) is 16.9 Å². The van der Waals surface area contributed by atoms with Crippen LogP contribution in [0.5, 0.6) is 0 Å². The molecule has 140 valence electrons. The molecule has 0 aliphatic heterocycles. The number of nitrogens with zero attached hydrogens (tertiary/aromatic N) is 3. The zero-order chi connectivity index (χ0) is 18.3. The maximum absolute atomic E-state index is 12.4. The number of benzene rings is 1. The molecule has 0 atom stereocenters. The summed E-state index contributed by atoms with van der Waals surface area (Å²) in [7, 11) is 0. The molecule has 4 N–H and O–H groups in total. The summed E-state index contributed by atoms with van der Waals surface area (Å²) in [6, 6.07) is 7.17. The van der Waals surface area contributed by atoms with Crippen LogP contribution in [-0.2, 0) is 17.6 Å². The number of fused-ring (bicyclic) bond motifs is 3. The fourth-order valence-electron chi connectivity index (χ4n) is 3.25. The highest BCUT2D eigenvalue weighted by Gasteiger charge is 2.30. The first-order valence-electron chi connectivity index (χ1n) is 8.36. The van der Waals surface area contributed by atoms with Crippen LogP contribution in [0.2, 0.25) is 0 Å². The number of carbonyl (C=O) groups is 1. The van der Waals surface area contributed by atoms with Gasteiger partial charge in [-0.2, -0.15) is 10.2 Å². The van der Waals surface area contributed by atoms with E-state index in [2.05, 4.69) is 15.3 Å². The number of ether oxygens (including phenoxy) is 1. The quantitative estimate of drug-likeness (QED) is 0.360. The molecule has 0 bridgehead atoms. The van der Waals surface area contributed by atoms with Crippen LogP contribution in [0.1, 0.15) is 34.2 Å². The van der Waals surface area contributed by atoms with Crippen LogP contribution in [0.3, 0.4) is 0 Å². The molecule has 27 heavy (non-hydrogen) atoms. The van der Waals surface area contributed by atoms with Crippen molar-refractivity contribution in [2.75, 3.05) is 6.61 Å². The molecule has 9 heteroatoms. The molecule has 0 radical (unpaired) electrons. The van der Waals surface area contributed by atoms with Crippen molar-refractivity contribution in [1.29, 1.82) is 5.41 Å². The number of halogens is 1. The predicted octanol–water partition coefficient (Wildman–Crippen LogP) is 2.24. The normalized spacial score (nSPS) is 11.9. The SMILES string of the molecule is CCOC(=O)c1nn(-c2ccc(C(=N)N)cc2)c2c1CCc1[nH]ncc1-2.Cl. The Balaban J connectivity index is 0.00000210. The number of amidine groups is 1. The largest absolute Gasteiger partial charge is 0.461 e. The maximum Gasteiger partial charge on any atom is 0.359 e. The van der Waals surface area contributed by atoms with Crippen molar-refractivity contribution < 1.29 is 9.53 Å². The van der Waals surface area contributed by atoms with Gasteiger partial charge in [-0.1, -0.05) is 0 Å². The highest BCUT2D eigenvalue weighted by atomic mass is 35.5. The number of aromatic nitrogens is 4. The molecule has 0 fully saturated rings. The Morgan fingerprint density at radius 1 is 1.33 bits per heavy atom. The number of esters is 1. The lowest BCUT2D eigenvalue weighted by atomic mass is 9.94. The van der Waals surface area contributed by atoms with Gasteiger partial charge in [0.05, 0.1) is 24.2 Å². The third-order valence-electron chi connectivity index (χ3n) is 4.47. The van der Waals surface area contributed by atoms with Crippen molar-refractivity contribution in [1.82, 2.24) is 20.0 Å². The van der Waals surface area contributed by atoms with Gasteiger partial charge >= 0.3 is 5.97 Å². The van der Waals surface area contributed by atoms with Gasteiger partial charge in [-0.3, -0.25) is 10.5 Å². The van der Waals surface area contributed by atoms with Gasteiger partial charge < -0.3 is 10.5 Å². The number of carbonyl (C=O) groups excluding carboxylic acids is 1. The fraction of sp³-hybridized carbons (Fsp3) is 0.222. The molecule has 1 aliphatic carbocycles. The average Bonchev–Trinajstić information content (AvgIpc) is 3.26. The van der Waals surface area contributed by atoms with Crippen molar-refractivity contribution in [3.8, 4) is 16.9 Å². The molecule has 3 aromatic rings. The number of rotatable bonds is 4. The highest BCUT2D eigenvalue weighted by molar-refractivity contribution is 5.95. The lowest BCUT2D eigenvalue weighted by molar-refractivity contribution is 0.0517. The number of nitrogen functional groups attached to an aromatic ring is 1. The van der Waals surface area contributed by atoms with E-state index in [0.29, 0.717) is 24.3 Å². The Labute approximate surface area is 161 Å². The average molecular weight is 387 g/mol. The molecular weight excluding hydrogens is 368 g/mol. The summed E-state index contributed by atoms with van der Waals surface area (Å²) in [6.07, 6.45) is 3.21. The van der Waals surface area contributed by atoms with E-state index in [4.69, 9.17) is 15.9 Å². The molecule has 0 saturated heterocycles. The van der Waals surface area contributed by atoms with Crippen molar-refractivity contribution in [2.45, 2.75) is 19.8 Å². The molecule has 0 unspecified atom stereocenters. The van der Waals surface area contributed by atoms with Crippen LogP contribution in [-0.4, -0.2) is 38.4 Å². The van der Waals surface area contributed by atoms with Crippen molar-refractivity contribution in [2.24, 2.45) is 5.73 Å². The summed E-state index contributed by atoms with van der Waals surface area (Å²) in [5, 5.41) is 19.2. The monoisotopic (exact) mass is 386 g/mol. The zero-order valence-corrected chi connectivity index (χ0v) is 15.5. The second-order valence-electron chi connectivity index (χ2n) is 6.03. The number of hydrogen-bond donors (Lipinski definition) is 3. The summed E-state index contributed by atoms with van der Waals surface area (Å²) in [5.41, 5.74) is 10.9. The van der Waals surface area contributed by atoms with Crippen molar-refractivity contribution in [3.05, 3.63) is 53.0 Å². The molecule has 2 heterocycles. The smallest absolute Gasteiger partial charge is 0.359 e. The standard InChI is InChI=1S/C18H18N6O2.ClH/c1-2-26-18(25)15-12-7-8-14-13(9-21-22-14)16(12)24(23-15)11-5-3-10(4-6-11)17(19)20;/h3-6,9H,2,7-8H2,1H3,(H3,19,20)(H,21,22);1H. The van der Waals surface area contributed by atoms with Crippen molar-refractivity contribution in [3.63, 3.8) is 0 Å². The molecule has 1 aromatic carbocycles. The number of aromatic amines is 1. The lowest BCUT2D eigenvalue weighted by Gasteiger charge is -2.14. The Kier molecular flexibility index (Phi) is 5.00. The van der Waals surface area contributed by atoms with Crippen LogP contribution in [0.4, 0.5) is 0 Å². The highest BCUT2D eigenvalue weighted by Crippen LogP contribution is 2.36. The van der Waals surface area contributed by atoms with E-state index in [1.165, 1.54) is 0 Å². The number of nitrogens with two attached hydrogens (primary N) is 1. The number of aryl methyl sites for hydroxylation is 1. The van der Waals surface area contributed by atoms with E-state index in [-0.39, 0.29) is 18.2 Å². The molecule has 0 spiro atoms. The first-order valence-corrected chi connectivity index (χ1v) is 8.36. The van der Waals surface area contributed by atoms with Gasteiger partial charge in [0.25, 0.3) is 0 Å². The van der Waals surface area contributed by atoms with E-state index in [9.17, 15) is 4.79 Å². The van der Waals surface area contributed by atoms with E-state index >= 15 is 0 Å². The van der Waals surface area contributed by atoms with E-state index in [1.807, 2.05) is 12.1 Å². The first kappa shape index (κ1) is 18.7. The molecule has 0 saturated carbocycles. The first-order chi connectivity index (χ1) is 12.6. The van der Waals surface area contributed by atoms with Gasteiger partial charge in [0.2, 0.25) is 0 Å².